The number of thiocarbonyl (C=S) groups is 1. The molecule has 2 fully saturated rings. The van der Waals surface area contributed by atoms with Gasteiger partial charge in [-0.25, -0.2) is 9.69 Å². The third-order valence-electron chi connectivity index (χ3n) is 8.54. The van der Waals surface area contributed by atoms with Crippen LogP contribution in [0.5, 0.6) is 0 Å². The number of thioether (sulfide) groups is 1. The van der Waals surface area contributed by atoms with Crippen LogP contribution in [0.1, 0.15) is 48.2 Å². The third-order valence-corrected chi connectivity index (χ3v) is 10.2. The molecule has 3 amide bonds. The van der Waals surface area contributed by atoms with Crippen LogP contribution in [0.2, 0.25) is 0 Å². The number of anilines is 3. The lowest BCUT2D eigenvalue weighted by molar-refractivity contribution is -0.122. The molecule has 0 aromatic heterocycles. The topological polar surface area (TPSA) is 87.2 Å². The van der Waals surface area contributed by atoms with Crippen LogP contribution in [0.3, 0.4) is 0 Å². The van der Waals surface area contributed by atoms with Crippen molar-refractivity contribution in [3.8, 4) is 0 Å². The number of carbonyl (C=O) groups is 4. The molecule has 0 spiro atoms. The van der Waals surface area contributed by atoms with Crippen molar-refractivity contribution in [2.24, 2.45) is 11.8 Å². The fourth-order valence-corrected chi connectivity index (χ4v) is 8.02. The molecular formula is C35H35N3O5S2. The van der Waals surface area contributed by atoms with E-state index in [4.69, 9.17) is 17.0 Å². The monoisotopic (exact) mass is 641 g/mol. The van der Waals surface area contributed by atoms with Crippen LogP contribution in [0.15, 0.2) is 72.8 Å². The van der Waals surface area contributed by atoms with E-state index in [1.807, 2.05) is 48.5 Å². The zero-order chi connectivity index (χ0) is 31.7. The average Bonchev–Trinajstić information content (AvgIpc) is 3.20. The maximum atomic E-state index is 13.5. The SMILES string of the molecule is CC1CC(C)CN(C(=S)SC2CC(=O)N(c3ccc(C(=O)OCC(=O)N4c5ccccc5CCc5ccccc54)cc3)C2=O)C1. The molecule has 232 valence electrons. The van der Waals surface area contributed by atoms with Gasteiger partial charge in [0.15, 0.2) is 6.61 Å². The minimum atomic E-state index is -0.672. The van der Waals surface area contributed by atoms with E-state index in [2.05, 4.69) is 18.7 Å². The standard InChI is InChI=1S/C35H35N3O5S2/c1-22-17-23(2)20-36(19-22)35(44)45-30-18-31(39)37(33(30)41)27-15-13-26(14-16-27)34(42)43-21-32(40)38-28-9-5-3-7-24(28)11-12-25-8-4-6-10-29(25)38/h3-10,13-16,22-23,30H,11-12,17-21H2,1-2H3. The van der Waals surface area contributed by atoms with Crippen LogP contribution in [0.4, 0.5) is 17.1 Å². The Morgan fingerprint density at radius 3 is 2.04 bits per heavy atom. The Morgan fingerprint density at radius 2 is 1.44 bits per heavy atom. The van der Waals surface area contributed by atoms with Crippen molar-refractivity contribution in [2.75, 3.05) is 29.5 Å². The Hall–Kier alpha value is -4.02. The predicted octanol–water partition coefficient (Wildman–Crippen LogP) is 5.93. The van der Waals surface area contributed by atoms with Gasteiger partial charge in [-0.05, 0) is 78.6 Å². The zero-order valence-electron chi connectivity index (χ0n) is 25.3. The molecule has 0 aliphatic carbocycles. The molecule has 45 heavy (non-hydrogen) atoms. The van der Waals surface area contributed by atoms with Gasteiger partial charge in [0, 0.05) is 19.5 Å². The molecule has 3 aromatic carbocycles. The number of imide groups is 1. The van der Waals surface area contributed by atoms with Gasteiger partial charge >= 0.3 is 5.97 Å². The number of benzene rings is 3. The fourth-order valence-electron chi connectivity index (χ4n) is 6.55. The van der Waals surface area contributed by atoms with E-state index >= 15 is 0 Å². The second kappa shape index (κ2) is 13.1. The number of hydrogen-bond donors (Lipinski definition) is 0. The second-order valence-electron chi connectivity index (χ2n) is 12.1. The lowest BCUT2D eigenvalue weighted by Crippen LogP contribution is -2.41. The van der Waals surface area contributed by atoms with Gasteiger partial charge in [-0.2, -0.15) is 0 Å². The fraction of sp³-hybridized carbons (Fsp3) is 0.343. The molecule has 0 N–H and O–H groups in total. The number of likely N-dealkylation sites (tertiary alicyclic amines) is 1. The number of carbonyl (C=O) groups excluding carboxylic acids is 4. The molecule has 3 atom stereocenters. The summed E-state index contributed by atoms with van der Waals surface area (Å²) in [4.78, 5) is 57.6. The quantitative estimate of drug-likeness (QED) is 0.192. The molecule has 2 saturated heterocycles. The molecule has 3 aliphatic heterocycles. The van der Waals surface area contributed by atoms with Gasteiger partial charge in [-0.3, -0.25) is 19.3 Å². The van der Waals surface area contributed by atoms with E-state index in [0.717, 1.165) is 59.8 Å². The minimum Gasteiger partial charge on any atom is -0.452 e. The lowest BCUT2D eigenvalue weighted by atomic mass is 9.92. The highest BCUT2D eigenvalue weighted by atomic mass is 32.2. The smallest absolute Gasteiger partial charge is 0.338 e. The highest BCUT2D eigenvalue weighted by molar-refractivity contribution is 8.23. The maximum Gasteiger partial charge on any atom is 0.338 e. The molecule has 3 heterocycles. The normalized spacial score (nSPS) is 21.2. The first kappa shape index (κ1) is 31.0. The maximum absolute atomic E-state index is 13.5. The van der Waals surface area contributed by atoms with E-state index in [0.29, 0.717) is 21.8 Å². The van der Waals surface area contributed by atoms with Crippen molar-refractivity contribution in [1.29, 1.82) is 0 Å². The Balaban J connectivity index is 1.09. The van der Waals surface area contributed by atoms with Crippen molar-refractivity contribution < 1.29 is 23.9 Å². The summed E-state index contributed by atoms with van der Waals surface area (Å²) in [5.41, 5.74) is 4.25. The summed E-state index contributed by atoms with van der Waals surface area (Å²) in [5, 5.41) is -0.581. The van der Waals surface area contributed by atoms with Gasteiger partial charge in [-0.15, -0.1) is 0 Å². The summed E-state index contributed by atoms with van der Waals surface area (Å²) in [5.74, 6) is -0.602. The van der Waals surface area contributed by atoms with E-state index in [1.54, 1.807) is 17.0 Å². The Kier molecular flexibility index (Phi) is 9.05. The largest absolute Gasteiger partial charge is 0.452 e. The van der Waals surface area contributed by atoms with E-state index < -0.39 is 17.8 Å². The van der Waals surface area contributed by atoms with Gasteiger partial charge in [0.1, 0.15) is 9.57 Å². The number of aryl methyl sites for hydroxylation is 2. The summed E-state index contributed by atoms with van der Waals surface area (Å²) < 4.78 is 6.11. The van der Waals surface area contributed by atoms with E-state index in [-0.39, 0.29) is 29.7 Å². The molecule has 8 nitrogen and oxygen atoms in total. The van der Waals surface area contributed by atoms with Crippen LogP contribution < -0.4 is 9.80 Å². The molecular weight excluding hydrogens is 607 g/mol. The Bertz CT molecular complexity index is 1600. The number of para-hydroxylation sites is 2. The number of nitrogens with zero attached hydrogens (tertiary/aromatic N) is 3. The summed E-state index contributed by atoms with van der Waals surface area (Å²) in [6.45, 7) is 5.67. The van der Waals surface area contributed by atoms with Crippen LogP contribution in [0, 0.1) is 11.8 Å². The molecule has 3 aliphatic rings. The number of piperidine rings is 1. The van der Waals surface area contributed by atoms with Crippen molar-refractivity contribution in [3.63, 3.8) is 0 Å². The molecule has 6 rings (SSSR count). The van der Waals surface area contributed by atoms with Gasteiger partial charge < -0.3 is 9.64 Å². The first-order valence-corrected chi connectivity index (χ1v) is 16.6. The summed E-state index contributed by atoms with van der Waals surface area (Å²) in [7, 11) is 0. The van der Waals surface area contributed by atoms with Crippen LogP contribution in [-0.4, -0.2) is 57.9 Å². The van der Waals surface area contributed by atoms with Crippen LogP contribution in [-0.2, 0) is 32.0 Å². The lowest BCUT2D eigenvalue weighted by Gasteiger charge is -2.36. The van der Waals surface area contributed by atoms with Gasteiger partial charge in [0.2, 0.25) is 11.8 Å². The van der Waals surface area contributed by atoms with Crippen molar-refractivity contribution >= 4 is 69.1 Å². The third kappa shape index (κ3) is 6.53. The van der Waals surface area contributed by atoms with Gasteiger partial charge in [-0.1, -0.05) is 74.2 Å². The molecule has 0 bridgehead atoms. The number of rotatable bonds is 5. The molecule has 0 radical (unpaired) electrons. The van der Waals surface area contributed by atoms with Gasteiger partial charge in [0.05, 0.1) is 22.6 Å². The summed E-state index contributed by atoms with van der Waals surface area (Å²) in [6.07, 6.45) is 2.82. The van der Waals surface area contributed by atoms with E-state index in [9.17, 15) is 19.2 Å². The van der Waals surface area contributed by atoms with Crippen molar-refractivity contribution in [3.05, 3.63) is 89.5 Å². The Morgan fingerprint density at radius 1 is 0.867 bits per heavy atom. The number of hydrogen-bond acceptors (Lipinski definition) is 7. The van der Waals surface area contributed by atoms with E-state index in [1.165, 1.54) is 23.9 Å². The van der Waals surface area contributed by atoms with Crippen LogP contribution >= 0.6 is 24.0 Å². The number of fused-ring (bicyclic) bond motifs is 2. The molecule has 3 aromatic rings. The average molecular weight is 642 g/mol. The highest BCUT2D eigenvalue weighted by Gasteiger charge is 2.41. The Labute approximate surface area is 272 Å². The first-order chi connectivity index (χ1) is 21.7. The number of amides is 3. The second-order valence-corrected chi connectivity index (χ2v) is 13.9. The molecule has 0 saturated carbocycles. The number of ether oxygens (including phenoxy) is 1. The number of esters is 1. The first-order valence-electron chi connectivity index (χ1n) is 15.3. The van der Waals surface area contributed by atoms with Crippen molar-refractivity contribution in [1.82, 2.24) is 4.90 Å². The van der Waals surface area contributed by atoms with Crippen LogP contribution in [0.25, 0.3) is 0 Å². The van der Waals surface area contributed by atoms with Gasteiger partial charge in [0.25, 0.3) is 5.91 Å². The minimum absolute atomic E-state index is 0.0667. The highest BCUT2D eigenvalue weighted by Crippen LogP contribution is 2.36. The zero-order valence-corrected chi connectivity index (χ0v) is 26.9. The van der Waals surface area contributed by atoms with Crippen molar-refractivity contribution in [2.45, 2.75) is 44.8 Å². The predicted molar refractivity (Wildman–Crippen MR) is 180 cm³/mol. The summed E-state index contributed by atoms with van der Waals surface area (Å²) >= 11 is 6.95. The molecule has 10 heteroatoms. The summed E-state index contributed by atoms with van der Waals surface area (Å²) in [6, 6.07) is 21.6. The molecule has 3 unspecified atom stereocenters.